The predicted molar refractivity (Wildman–Crippen MR) is 544 cm³/mol. The third-order valence-electron chi connectivity index (χ3n) is 21.2. The van der Waals surface area contributed by atoms with E-state index >= 15 is 14.4 Å². The molecule has 2 atom stereocenters. The molecule has 0 saturated carbocycles. The van der Waals surface area contributed by atoms with Gasteiger partial charge in [0.2, 0.25) is 17.7 Å². The summed E-state index contributed by atoms with van der Waals surface area (Å²) in [6, 6.07) is -18.3. The van der Waals surface area contributed by atoms with Crippen LogP contribution < -0.4 is 16.7 Å². The van der Waals surface area contributed by atoms with Gasteiger partial charge in [0.05, 0.1) is 72.1 Å². The Bertz CT molecular complexity index is 9460. The first-order chi connectivity index (χ1) is 89.5. The summed E-state index contributed by atoms with van der Waals surface area (Å²) in [4.78, 5) is 99.2. The van der Waals surface area contributed by atoms with Crippen molar-refractivity contribution in [3.05, 3.63) is 350 Å². The third-order valence-corrected chi connectivity index (χ3v) is 23.9. The number of thioether (sulfide) groups is 3. The van der Waals surface area contributed by atoms with Crippen molar-refractivity contribution in [1.82, 2.24) is 58.1 Å². The number of benzene rings is 9. The monoisotopic (exact) mass is 2090 g/mol. The first-order valence-corrected chi connectivity index (χ1v) is 46.1. The molecule has 0 fully saturated rings. The van der Waals surface area contributed by atoms with E-state index in [0.29, 0.717) is 55.2 Å². The van der Waals surface area contributed by atoms with Gasteiger partial charge in [-0.15, -0.1) is 0 Å². The minimum absolute atomic E-state index is 0.00870. The number of alkyl halides is 9. The van der Waals surface area contributed by atoms with Gasteiger partial charge >= 0.3 is 18.5 Å². The summed E-state index contributed by atoms with van der Waals surface area (Å²) in [5.41, 5.74) is -22.0. The SMILES string of the molecule is [2H]C([2H])(Sc1nc(=O)c2c(n1C([2H])([2H])C(=O)N(C([2H])(C)c1ccc(-c3ccc(C(F)(F)F)cc3)cc1)C([2H])([2H])C([2H])([2H])N(CC)CC)CCC2)c1ccc(F)cc1.[2H]c1c([2H])c(CSc2nc(=O)c3c(n2C([2H])([2H])C(=O)N(CCN(C([2H])([2H])C)C([2H])([2H])C)C([2H])([2H])c2c([2H])c([2H])c(-c4c([2H])c([2H])c(C(F)(F)F)c(C)c4[2H])c([2H])c2[2H])CCC3)c([2H])c([2H])c1F.[2H]c1c([2H])c(CSc2nc(=O)c3c(n2C([2H])([2H])C(=O)N(CCN(C([2H])([2H])C)C([2H])([2H])C)C([2H])([2H])c2c([2H])c([2H])c(-c4c([2H])c([2H])c(C(F)(F)F)c([2H])c4[2H])c([2H])c2[2H])C([2H])([2H])C([2H])(C)C3([2H])[2H])c([2H])c([2H])c1F. The van der Waals surface area contributed by atoms with Gasteiger partial charge in [0.15, 0.2) is 15.5 Å². The molecule has 18 nitrogen and oxygen atoms in total. The number of fused-ring (bicyclic) bond motifs is 3. The average molecular weight is 2100 g/mol. The summed E-state index contributed by atoms with van der Waals surface area (Å²) < 4.78 is 628. The highest BCUT2D eigenvalue weighted by molar-refractivity contribution is 7.98. The first-order valence-electron chi connectivity index (χ1n) is 69.8. The summed E-state index contributed by atoms with van der Waals surface area (Å²) in [5, 5.41) is -2.40. The Hall–Kier alpha value is -11.9. The number of carbonyl (C=O) groups excluding carboxylic acids is 3. The van der Waals surface area contributed by atoms with Crippen LogP contribution >= 0.6 is 35.3 Å². The molecule has 33 heteroatoms. The van der Waals surface area contributed by atoms with Gasteiger partial charge in [0.25, 0.3) is 16.7 Å². The fourth-order valence-electron chi connectivity index (χ4n) is 13.8. The Morgan fingerprint density at radius 2 is 0.854 bits per heavy atom. The molecule has 15 rings (SSSR count). The molecular weight excluding hydrogens is 1920 g/mol. The fourth-order valence-corrected chi connectivity index (χ4v) is 16.2. The zero-order valence-corrected chi connectivity index (χ0v) is 79.9. The maximum absolute atomic E-state index is 15.3. The molecule has 3 heterocycles. The Balaban J connectivity index is 0.000000239. The van der Waals surface area contributed by atoms with Gasteiger partial charge in [0, 0.05) is 126 Å². The predicted octanol–water partition coefficient (Wildman–Crippen LogP) is 22.8. The molecule has 0 radical (unpaired) electrons. The molecule has 0 N–H and O–H groups in total. The van der Waals surface area contributed by atoms with Gasteiger partial charge < -0.3 is 43.1 Å². The number of rotatable bonds is 39. The van der Waals surface area contributed by atoms with E-state index in [1.54, 1.807) is 13.8 Å². The smallest absolute Gasteiger partial charge is 0.336 e. The van der Waals surface area contributed by atoms with Crippen LogP contribution in [0.3, 0.4) is 0 Å². The van der Waals surface area contributed by atoms with E-state index < -0.39 is 442 Å². The van der Waals surface area contributed by atoms with Crippen molar-refractivity contribution >= 4 is 53.0 Å². The second kappa shape index (κ2) is 50.3. The molecule has 144 heavy (non-hydrogen) atoms. The minimum Gasteiger partial charge on any atom is -0.336 e. The topological polar surface area (TPSA) is 175 Å². The van der Waals surface area contributed by atoms with Crippen molar-refractivity contribution in [3.8, 4) is 33.4 Å². The summed E-state index contributed by atoms with van der Waals surface area (Å²) in [6.45, 7) is -31.9. The lowest BCUT2D eigenvalue weighted by atomic mass is 9.98. The lowest BCUT2D eigenvalue weighted by Crippen LogP contribution is -2.42. The molecule has 9 aromatic carbocycles. The molecule has 3 aromatic heterocycles. The van der Waals surface area contributed by atoms with Crippen LogP contribution in [0.2, 0.25) is 0 Å². The molecular formula is C111H120F12N12O6S3. The lowest BCUT2D eigenvalue weighted by Gasteiger charge is -2.33. The van der Waals surface area contributed by atoms with Crippen molar-refractivity contribution in [2.75, 3.05) is 78.2 Å². The summed E-state index contributed by atoms with van der Waals surface area (Å²) in [6.07, 6.45) is -21.5. The second-order valence-electron chi connectivity index (χ2n) is 30.6. The fraction of sp³-hybridized carbons (Fsp3) is 0.378. The molecule has 0 aliphatic heterocycles. The Morgan fingerprint density at radius 1 is 0.444 bits per heavy atom. The number of hydrogen-bond acceptors (Lipinski definition) is 15. The normalized spacial score (nSPS) is 21.5. The minimum atomic E-state index is -5.48. The van der Waals surface area contributed by atoms with Gasteiger partial charge in [-0.25, -0.2) is 13.2 Å². The average Bonchev–Trinajstić information content (AvgIpc) is 1.51. The molecule has 12 aromatic rings. The molecule has 3 aliphatic carbocycles. The van der Waals surface area contributed by atoms with Crippen LogP contribution in [0.5, 0.6) is 0 Å². The van der Waals surface area contributed by atoms with Crippen LogP contribution in [-0.4, -0.2) is 154 Å². The van der Waals surface area contributed by atoms with E-state index in [-0.39, 0.29) is 122 Å². The summed E-state index contributed by atoms with van der Waals surface area (Å²) in [7, 11) is 0. The Labute approximate surface area is 919 Å². The van der Waals surface area contributed by atoms with Crippen molar-refractivity contribution in [1.29, 1.82) is 0 Å². The number of amides is 3. The number of nitrogens with zero attached hydrogens (tertiary/aromatic N) is 12. The van der Waals surface area contributed by atoms with Crippen molar-refractivity contribution in [3.63, 3.8) is 0 Å². The largest absolute Gasteiger partial charge is 0.416 e. The molecule has 0 bridgehead atoms. The third kappa shape index (κ3) is 29.1. The second-order valence-corrected chi connectivity index (χ2v) is 33.2. The van der Waals surface area contributed by atoms with Crippen LogP contribution in [0.4, 0.5) is 52.7 Å². The van der Waals surface area contributed by atoms with E-state index in [2.05, 4.69) is 15.0 Å². The molecule has 2 unspecified atom stereocenters. The van der Waals surface area contributed by atoms with Gasteiger partial charge in [0.1, 0.15) is 36.9 Å². The zero-order valence-electron chi connectivity index (χ0n) is 130. The number of likely N-dealkylation sites (N-methyl/N-ethyl adjacent to an activating group) is 3. The van der Waals surface area contributed by atoms with Gasteiger partial charge in [-0.2, -0.15) is 54.5 Å². The van der Waals surface area contributed by atoms with E-state index in [4.69, 9.17) is 54.8 Å². The van der Waals surface area contributed by atoms with Crippen LogP contribution in [0.1, 0.15) is 236 Å². The van der Waals surface area contributed by atoms with E-state index in [0.717, 1.165) is 82.8 Å². The number of carbonyl (C=O) groups is 3. The maximum atomic E-state index is 15.3. The number of aromatic nitrogens is 6. The first kappa shape index (κ1) is 58.5. The Morgan fingerprint density at radius 3 is 1.30 bits per heavy atom. The standard InChI is InChI=1S/3C37H40F4N4O2S/c1-4-43(5-2)18-19-44(22-26-6-10-28(11-7-26)29-12-14-30(15-13-29)37(39,40)41)34(46)23-45-33-21-25(3)20-32(33)35(47)42-36(45)48-24-27-8-16-31(38)17-9-27;1-4-43(5-2)21-22-44(25(3)27-11-13-28(14-12-27)29-15-17-30(18-16-29)37(39,40)41)34(46)23-45-33-8-6-7-32(33)35(47)42-36(45)48-24-26-9-19-31(38)20-10-26;1-4-43(5-2)19-20-44(22-26-9-13-28(14-10-26)29-15-18-32(25(3)21-29)37(39,40)41)34(46)23-45-33-8-6-7-31(33)35(47)42-36(45)48-24-27-11-16-30(38)17-12-27/h6-17,25H,4-5,18-24H2,1-3H3;9-20,25H,4-8,21-24H2,1-3H3;9-18,21H,4-8,19-20,22-24H2,1-3H3/i4D2,5D2,6D,7D,8D,9D,10D,11D,12D,13D,14D,15D,16D,17D,20D2,21D2,22D2,23D2,25D;21D2,22D2,23D2,24D2,25D;4D2,5D2,9D,10D,11D,12D,13D,14D,15D,16D,17D,18D,21D,22D2,23D2. The zero-order chi connectivity index (χ0) is 150. The van der Waals surface area contributed by atoms with Crippen LogP contribution in [-0.2, 0) is 121 Å². The van der Waals surface area contributed by atoms with Gasteiger partial charge in [-0.3, -0.25) is 28.8 Å². The van der Waals surface area contributed by atoms with Crippen LogP contribution in [0.15, 0.2) is 242 Å². The molecule has 0 spiro atoms. The van der Waals surface area contributed by atoms with Crippen LogP contribution in [0, 0.1) is 30.3 Å². The van der Waals surface area contributed by atoms with Crippen molar-refractivity contribution < 1.29 is 140 Å². The molecule has 3 aliphatic rings. The van der Waals surface area contributed by atoms with Crippen molar-refractivity contribution in [2.24, 2.45) is 5.89 Å². The summed E-state index contributed by atoms with van der Waals surface area (Å²) >= 11 is 0.755. The highest BCUT2D eigenvalue weighted by atomic mass is 32.2. The van der Waals surface area contributed by atoms with E-state index in [1.165, 1.54) is 36.4 Å². The van der Waals surface area contributed by atoms with Gasteiger partial charge in [-0.05, 0) is 249 Å². The molecule has 0 saturated heterocycles. The van der Waals surface area contributed by atoms with E-state index in [1.807, 2.05) is 0 Å². The van der Waals surface area contributed by atoms with Crippen molar-refractivity contribution in [2.45, 2.75) is 203 Å². The summed E-state index contributed by atoms with van der Waals surface area (Å²) in [5.74, 6) is -14.4. The lowest BCUT2D eigenvalue weighted by molar-refractivity contribution is -0.138. The Kier molecular flexibility index (Phi) is 20.4. The van der Waals surface area contributed by atoms with E-state index in [9.17, 15) is 84.9 Å². The quantitative estimate of drug-likeness (QED) is 0.0202. The molecule has 3 amide bonds. The molecule has 762 valence electrons. The maximum Gasteiger partial charge on any atom is 0.416 e. The number of halogens is 12. The highest BCUT2D eigenvalue weighted by Gasteiger charge is 2.36. The van der Waals surface area contributed by atoms with Crippen LogP contribution in [0.25, 0.3) is 33.4 Å². The highest BCUT2D eigenvalue weighted by Crippen LogP contribution is 2.39. The van der Waals surface area contributed by atoms with Gasteiger partial charge in [-0.1, -0.05) is 229 Å². The number of hydrogen-bond donors (Lipinski definition) is 0.